The first kappa shape index (κ1) is 10.7. The number of primary amides is 1. The number of amides is 1. The molecule has 0 spiro atoms. The molecule has 17 heavy (non-hydrogen) atoms. The summed E-state index contributed by atoms with van der Waals surface area (Å²) in [6.45, 7) is 0. The van der Waals surface area contributed by atoms with Crippen molar-refractivity contribution in [1.82, 2.24) is 15.4 Å². The summed E-state index contributed by atoms with van der Waals surface area (Å²) in [5.41, 5.74) is 5.86. The van der Waals surface area contributed by atoms with Crippen molar-refractivity contribution < 1.29 is 9.72 Å². The van der Waals surface area contributed by atoms with Gasteiger partial charge in [-0.3, -0.25) is 14.9 Å². The van der Waals surface area contributed by atoms with Gasteiger partial charge < -0.3 is 5.73 Å². The van der Waals surface area contributed by atoms with Gasteiger partial charge in [-0.1, -0.05) is 0 Å². The fraction of sp³-hybridized carbons (Fsp3) is 0. The normalized spacial score (nSPS) is 10.1. The van der Waals surface area contributed by atoms with E-state index in [0.29, 0.717) is 5.56 Å². The molecule has 1 aromatic carbocycles. The van der Waals surface area contributed by atoms with Crippen LogP contribution in [0.15, 0.2) is 24.3 Å². The molecule has 1 aromatic heterocycles. The van der Waals surface area contributed by atoms with Gasteiger partial charge in [0, 0.05) is 17.7 Å². The van der Waals surface area contributed by atoms with Crippen LogP contribution in [-0.2, 0) is 0 Å². The lowest BCUT2D eigenvalue weighted by Crippen LogP contribution is -2.12. The maximum atomic E-state index is 11.0. The number of nitro groups is 1. The molecule has 0 atom stereocenters. The molecule has 8 heteroatoms. The number of nitro benzene ring substituents is 1. The van der Waals surface area contributed by atoms with Crippen LogP contribution in [-0.4, -0.2) is 26.2 Å². The van der Waals surface area contributed by atoms with Crippen LogP contribution in [0.2, 0.25) is 0 Å². The second-order valence-electron chi connectivity index (χ2n) is 3.19. The SMILES string of the molecule is NC(=O)c1n[nH]nc1-c1ccc([N+](=O)[O-])cc1. The summed E-state index contributed by atoms with van der Waals surface area (Å²) in [6, 6.07) is 5.58. The third kappa shape index (κ3) is 1.95. The van der Waals surface area contributed by atoms with Gasteiger partial charge in [-0.25, -0.2) is 0 Å². The molecular formula is C9H7N5O3. The molecule has 2 aromatic rings. The van der Waals surface area contributed by atoms with Crippen molar-refractivity contribution in [2.24, 2.45) is 5.73 Å². The van der Waals surface area contributed by atoms with Crippen LogP contribution in [0.5, 0.6) is 0 Å². The van der Waals surface area contributed by atoms with Crippen molar-refractivity contribution in [2.75, 3.05) is 0 Å². The van der Waals surface area contributed by atoms with Gasteiger partial charge in [-0.05, 0) is 12.1 Å². The van der Waals surface area contributed by atoms with Crippen LogP contribution in [0.4, 0.5) is 5.69 Å². The summed E-state index contributed by atoms with van der Waals surface area (Å²) in [5.74, 6) is -0.716. The molecule has 0 aliphatic rings. The summed E-state index contributed by atoms with van der Waals surface area (Å²) in [7, 11) is 0. The van der Waals surface area contributed by atoms with Crippen molar-refractivity contribution in [3.05, 3.63) is 40.1 Å². The molecule has 0 saturated heterocycles. The van der Waals surface area contributed by atoms with E-state index in [1.54, 1.807) is 0 Å². The zero-order valence-electron chi connectivity index (χ0n) is 8.45. The maximum Gasteiger partial charge on any atom is 0.271 e. The number of H-pyrrole nitrogens is 1. The fourth-order valence-corrected chi connectivity index (χ4v) is 1.34. The first-order valence-electron chi connectivity index (χ1n) is 4.55. The highest BCUT2D eigenvalue weighted by molar-refractivity contribution is 5.96. The van der Waals surface area contributed by atoms with E-state index >= 15 is 0 Å². The van der Waals surface area contributed by atoms with E-state index in [2.05, 4.69) is 15.4 Å². The molecule has 0 bridgehead atoms. The monoisotopic (exact) mass is 233 g/mol. The van der Waals surface area contributed by atoms with Crippen LogP contribution in [0.1, 0.15) is 10.5 Å². The molecule has 0 aliphatic heterocycles. The highest BCUT2D eigenvalue weighted by atomic mass is 16.6. The molecule has 0 saturated carbocycles. The van der Waals surface area contributed by atoms with Crippen molar-refractivity contribution in [3.63, 3.8) is 0 Å². The zero-order valence-corrected chi connectivity index (χ0v) is 8.45. The number of carbonyl (C=O) groups is 1. The molecule has 0 aliphatic carbocycles. The molecule has 0 radical (unpaired) electrons. The molecule has 0 unspecified atom stereocenters. The molecule has 8 nitrogen and oxygen atoms in total. The highest BCUT2D eigenvalue weighted by Crippen LogP contribution is 2.22. The Labute approximate surface area is 94.6 Å². The Balaban J connectivity index is 2.43. The summed E-state index contributed by atoms with van der Waals surface area (Å²) >= 11 is 0. The van der Waals surface area contributed by atoms with E-state index < -0.39 is 10.8 Å². The van der Waals surface area contributed by atoms with E-state index in [-0.39, 0.29) is 17.1 Å². The fourth-order valence-electron chi connectivity index (χ4n) is 1.34. The predicted molar refractivity (Wildman–Crippen MR) is 57.0 cm³/mol. The number of non-ortho nitro benzene ring substituents is 1. The van der Waals surface area contributed by atoms with E-state index in [1.165, 1.54) is 24.3 Å². The molecule has 2 rings (SSSR count). The number of hydrogen-bond acceptors (Lipinski definition) is 5. The predicted octanol–water partition coefficient (Wildman–Crippen LogP) is 0.479. The Morgan fingerprint density at radius 1 is 1.29 bits per heavy atom. The lowest BCUT2D eigenvalue weighted by atomic mass is 10.1. The first-order chi connectivity index (χ1) is 8.09. The van der Waals surface area contributed by atoms with Crippen LogP contribution in [0.3, 0.4) is 0 Å². The number of aromatic amines is 1. The Morgan fingerprint density at radius 3 is 2.47 bits per heavy atom. The Hall–Kier alpha value is -2.77. The van der Waals surface area contributed by atoms with Gasteiger partial charge in [0.25, 0.3) is 11.6 Å². The van der Waals surface area contributed by atoms with E-state index in [9.17, 15) is 14.9 Å². The minimum Gasteiger partial charge on any atom is -0.364 e. The Bertz CT molecular complexity index is 575. The van der Waals surface area contributed by atoms with Crippen molar-refractivity contribution >= 4 is 11.6 Å². The van der Waals surface area contributed by atoms with Gasteiger partial charge in [0.15, 0.2) is 5.69 Å². The van der Waals surface area contributed by atoms with Crippen molar-refractivity contribution in [2.45, 2.75) is 0 Å². The summed E-state index contributed by atoms with van der Waals surface area (Å²) in [4.78, 5) is 21.0. The average Bonchev–Trinajstić information content (AvgIpc) is 2.78. The molecule has 1 amide bonds. The largest absolute Gasteiger partial charge is 0.364 e. The number of hydrogen-bond donors (Lipinski definition) is 2. The van der Waals surface area contributed by atoms with E-state index in [0.717, 1.165) is 0 Å². The van der Waals surface area contributed by atoms with Gasteiger partial charge in [-0.15, -0.1) is 0 Å². The number of aromatic nitrogens is 3. The van der Waals surface area contributed by atoms with Gasteiger partial charge in [0.2, 0.25) is 0 Å². The number of benzene rings is 1. The number of nitrogens with zero attached hydrogens (tertiary/aromatic N) is 3. The lowest BCUT2D eigenvalue weighted by Gasteiger charge is -1.97. The van der Waals surface area contributed by atoms with Crippen LogP contribution < -0.4 is 5.73 Å². The van der Waals surface area contributed by atoms with Crippen molar-refractivity contribution in [1.29, 1.82) is 0 Å². The Kier molecular flexibility index (Phi) is 2.53. The number of carbonyl (C=O) groups excluding carboxylic acids is 1. The summed E-state index contributed by atoms with van der Waals surface area (Å²) in [6.07, 6.45) is 0. The number of nitrogens with one attached hydrogen (secondary N) is 1. The summed E-state index contributed by atoms with van der Waals surface area (Å²) in [5, 5.41) is 20.1. The topological polar surface area (TPSA) is 128 Å². The van der Waals surface area contributed by atoms with Crippen LogP contribution >= 0.6 is 0 Å². The third-order valence-corrected chi connectivity index (χ3v) is 2.13. The minimum absolute atomic E-state index is 0.00106. The quantitative estimate of drug-likeness (QED) is 0.588. The van der Waals surface area contributed by atoms with Gasteiger partial charge in [-0.2, -0.15) is 15.4 Å². The zero-order chi connectivity index (χ0) is 12.4. The van der Waals surface area contributed by atoms with Crippen LogP contribution in [0, 0.1) is 10.1 Å². The third-order valence-electron chi connectivity index (χ3n) is 2.13. The second kappa shape index (κ2) is 4.00. The molecule has 0 fully saturated rings. The van der Waals surface area contributed by atoms with E-state index in [4.69, 9.17) is 5.73 Å². The van der Waals surface area contributed by atoms with Crippen LogP contribution in [0.25, 0.3) is 11.3 Å². The van der Waals surface area contributed by atoms with Gasteiger partial charge >= 0.3 is 0 Å². The standard InChI is InChI=1S/C9H7N5O3/c10-9(15)8-7(11-13-12-8)5-1-3-6(4-2-5)14(16)17/h1-4H,(H2,10,15)(H,11,12,13). The lowest BCUT2D eigenvalue weighted by molar-refractivity contribution is -0.384. The molecule has 86 valence electrons. The summed E-state index contributed by atoms with van der Waals surface area (Å²) < 4.78 is 0. The maximum absolute atomic E-state index is 11.0. The van der Waals surface area contributed by atoms with E-state index in [1.807, 2.05) is 0 Å². The minimum atomic E-state index is -0.716. The highest BCUT2D eigenvalue weighted by Gasteiger charge is 2.15. The van der Waals surface area contributed by atoms with Gasteiger partial charge in [0.05, 0.1) is 4.92 Å². The molecule has 3 N–H and O–H groups in total. The number of rotatable bonds is 3. The molecular weight excluding hydrogens is 226 g/mol. The smallest absolute Gasteiger partial charge is 0.271 e. The van der Waals surface area contributed by atoms with Crippen molar-refractivity contribution in [3.8, 4) is 11.3 Å². The molecule has 1 heterocycles. The number of nitrogens with two attached hydrogens (primary N) is 1. The Morgan fingerprint density at radius 2 is 1.94 bits per heavy atom. The average molecular weight is 233 g/mol. The van der Waals surface area contributed by atoms with Gasteiger partial charge in [0.1, 0.15) is 5.69 Å². The second-order valence-corrected chi connectivity index (χ2v) is 3.19. The first-order valence-corrected chi connectivity index (χ1v) is 4.55.